The molecule has 0 radical (unpaired) electrons. The maximum Gasteiger partial charge on any atom is 0.231 e. The molecule has 0 spiro atoms. The summed E-state index contributed by atoms with van der Waals surface area (Å²) < 4.78 is 13.5. The van der Waals surface area contributed by atoms with E-state index in [0.29, 0.717) is 41.4 Å². The highest BCUT2D eigenvalue weighted by atomic mass is 32.1. The van der Waals surface area contributed by atoms with Gasteiger partial charge in [0.25, 0.3) is 0 Å². The van der Waals surface area contributed by atoms with E-state index in [1.54, 1.807) is 53.7 Å². The lowest BCUT2D eigenvalue weighted by molar-refractivity contribution is 0.174. The molecule has 125 heavy (non-hydrogen) atoms. The first kappa shape index (κ1) is 92.3. The van der Waals surface area contributed by atoms with Gasteiger partial charge in [-0.3, -0.25) is 4.98 Å². The highest BCUT2D eigenvalue weighted by Crippen LogP contribution is 2.41. The Labute approximate surface area is 742 Å². The first-order valence-corrected chi connectivity index (χ1v) is 43.3. The van der Waals surface area contributed by atoms with E-state index in [1.807, 2.05) is 120 Å². The lowest BCUT2D eigenvalue weighted by atomic mass is 10.1. The molecule has 0 atom stereocenters. The van der Waals surface area contributed by atoms with Crippen molar-refractivity contribution in [3.63, 3.8) is 0 Å². The molecule has 0 bridgehead atoms. The van der Waals surface area contributed by atoms with Crippen molar-refractivity contribution in [2.75, 3.05) is 65.3 Å². The first-order valence-electron chi connectivity index (χ1n) is 41.5. The molecule has 11 heterocycles. The van der Waals surface area contributed by atoms with Crippen LogP contribution in [0.4, 0.5) is 93.2 Å². The third-order valence-electron chi connectivity index (χ3n) is 17.6. The predicted molar refractivity (Wildman–Crippen MR) is 521 cm³/mol. The molecule has 27 nitrogen and oxygen atoms in total. The number of para-hydroxylation sites is 1. The number of nitrogens with zero attached hydrogens (tertiary/aromatic N) is 13. The van der Waals surface area contributed by atoms with E-state index in [0.717, 1.165) is 114 Å². The van der Waals surface area contributed by atoms with Crippen LogP contribution in [0.5, 0.6) is 11.5 Å². The largest absolute Gasteiger partial charge is 0.454 e. The quantitative estimate of drug-likeness (QED) is 0.0380. The fraction of sp³-hybridized carbons (Fsp3) is 0.323. The van der Waals surface area contributed by atoms with E-state index in [2.05, 4.69) is 343 Å². The molecule has 0 aliphatic carbocycles. The van der Waals surface area contributed by atoms with Crippen LogP contribution < -0.4 is 68.0 Å². The van der Waals surface area contributed by atoms with Crippen molar-refractivity contribution in [3.8, 4) is 11.5 Å². The zero-order valence-corrected chi connectivity index (χ0v) is 77.6. The number of aromatic nitrogens is 14. The molecule has 0 saturated heterocycles. The number of rotatable bonds is 18. The second-order valence-electron chi connectivity index (χ2n) is 36.4. The highest BCUT2D eigenvalue weighted by Gasteiger charge is 2.22. The Kier molecular flexibility index (Phi) is 30.1. The maximum absolute atomic E-state index is 5.51. The van der Waals surface area contributed by atoms with Gasteiger partial charge >= 0.3 is 0 Å². The van der Waals surface area contributed by atoms with Crippen LogP contribution in [0.1, 0.15) is 164 Å². The SMILES string of the molecule is CC(C)(C)Nc1nccc(Cc2ccccc2)n1.Cc1cnc(NC(C)(C)C)nc1Nc1ccc2sccc2c1.Cc1cnc(NC(C)(C)C)nc1Nc1cccc2[nH]ccc12.Cc1cnc(NC(C)(C)C)nc1Nc1cccc2c1OCO2.Cc1cnc(NC(C)(C)C)nc1Nc1cccnc1.Cc1cnc(NC(C)(C)C)nc1Nc1csc2ccccc12. The van der Waals surface area contributed by atoms with Gasteiger partial charge in [-0.05, 0) is 254 Å². The lowest BCUT2D eigenvalue weighted by Crippen LogP contribution is -2.27. The van der Waals surface area contributed by atoms with Crippen molar-refractivity contribution >= 4 is 147 Å². The molecule has 0 saturated carbocycles. The number of benzene rings is 5. The number of thiophene rings is 2. The smallest absolute Gasteiger partial charge is 0.231 e. The van der Waals surface area contributed by atoms with Crippen LogP contribution >= 0.6 is 22.7 Å². The number of hydrogen-bond acceptors (Lipinski definition) is 28. The van der Waals surface area contributed by atoms with Crippen LogP contribution in [-0.2, 0) is 6.42 Å². The van der Waals surface area contributed by atoms with Gasteiger partial charge in [-0.15, -0.1) is 22.7 Å². The summed E-state index contributed by atoms with van der Waals surface area (Å²) in [5.41, 5.74) is 12.9. The third-order valence-corrected chi connectivity index (χ3v) is 19.5. The van der Waals surface area contributed by atoms with Crippen molar-refractivity contribution in [3.05, 3.63) is 245 Å². The molecule has 0 unspecified atom stereocenters. The Balaban J connectivity index is 0.000000146. The van der Waals surface area contributed by atoms with Crippen molar-refractivity contribution in [1.82, 2.24) is 69.8 Å². The maximum atomic E-state index is 5.51. The van der Waals surface area contributed by atoms with Crippen molar-refractivity contribution in [2.45, 2.75) is 199 Å². The predicted octanol–water partition coefficient (Wildman–Crippen LogP) is 24.0. The summed E-state index contributed by atoms with van der Waals surface area (Å²) >= 11 is 3.48. The lowest BCUT2D eigenvalue weighted by Gasteiger charge is -2.21. The number of anilines is 16. The number of fused-ring (bicyclic) bond motifs is 4. The number of aryl methyl sites for hydroxylation is 5. The molecule has 29 heteroatoms. The highest BCUT2D eigenvalue weighted by molar-refractivity contribution is 7.18. The second-order valence-corrected chi connectivity index (χ2v) is 38.2. The summed E-state index contributed by atoms with van der Waals surface area (Å²) in [5.74, 6) is 9.26. The van der Waals surface area contributed by atoms with E-state index in [9.17, 15) is 0 Å². The molecule has 1 aliphatic rings. The van der Waals surface area contributed by atoms with Crippen LogP contribution in [0.2, 0.25) is 0 Å². The van der Waals surface area contributed by atoms with E-state index < -0.39 is 0 Å². The number of aromatic amines is 1. The molecule has 0 fully saturated rings. The van der Waals surface area contributed by atoms with Crippen LogP contribution in [0.25, 0.3) is 31.1 Å². The molecular formula is C96H119N25O2S2. The Morgan fingerprint density at radius 3 is 1.34 bits per heavy atom. The van der Waals surface area contributed by atoms with Gasteiger partial charge in [0.2, 0.25) is 42.5 Å². The van der Waals surface area contributed by atoms with Gasteiger partial charge in [-0.1, -0.05) is 60.7 Å². The standard InChI is InChI=1S/C17H21N5.2C17H20N4S.C16H20N4O2.C15H19N3.C14H19N5/c1-11-10-19-16(22-17(2,3)4)21-15(11)20-14-7-5-6-13-12(14)8-9-18-13;1-11-10-18-16(21-17(2,3)4)20-15(11)19-13-5-6-14-12(9-13)7-8-22-14;1-11-9-18-16(21-17(2,3)4)20-15(11)19-13-10-22-14-8-6-5-7-12(13)14;1-10-8-17-15(20-16(2,3)4)19-14(10)18-11-6-5-7-12-13(11)22-9-21-12;1-15(2,3)18-14-16-10-9-13(17-14)11-12-7-5-4-6-8-12;1-10-8-16-13(19-14(2,3)4)18-12(10)17-11-6-5-7-15-9-11/h5-10,18H,1-4H3,(H2,19,20,21,22);2*5-10H,1-4H3,(H2,18,19,20,21);5-8H,9H2,1-4H3,(H2,17,18,19,20);4-10H,11H2,1-3H3,(H,16,17,18);5-9H,1-4H3,(H2,16,17,18,19). The average molecular weight is 1720 g/mol. The van der Waals surface area contributed by atoms with Crippen molar-refractivity contribution in [2.24, 2.45) is 0 Å². The van der Waals surface area contributed by atoms with Gasteiger partial charge in [0.05, 0.1) is 29.0 Å². The van der Waals surface area contributed by atoms with Gasteiger partial charge < -0.3 is 72.9 Å². The monoisotopic (exact) mass is 1720 g/mol. The zero-order chi connectivity index (χ0) is 89.9. The normalized spacial score (nSPS) is 11.8. The van der Waals surface area contributed by atoms with E-state index in [-0.39, 0.29) is 40.0 Å². The van der Waals surface area contributed by atoms with Crippen LogP contribution in [0.3, 0.4) is 0 Å². The van der Waals surface area contributed by atoms with Crippen molar-refractivity contribution in [1.29, 1.82) is 0 Å². The molecule has 12 N–H and O–H groups in total. The van der Waals surface area contributed by atoms with Gasteiger partial charge in [-0.2, -0.15) is 24.9 Å². The summed E-state index contributed by atoms with van der Waals surface area (Å²) in [6.07, 6.45) is 17.2. The number of H-pyrrole nitrogens is 1. The Morgan fingerprint density at radius 2 is 0.824 bits per heavy atom. The Morgan fingerprint density at radius 1 is 0.360 bits per heavy atom. The van der Waals surface area contributed by atoms with Gasteiger partial charge in [-0.25, -0.2) is 34.9 Å². The fourth-order valence-corrected chi connectivity index (χ4v) is 13.6. The Bertz CT molecular complexity index is 6030. The number of nitrogens with one attached hydrogen (secondary N) is 12. The summed E-state index contributed by atoms with van der Waals surface area (Å²) in [6, 6.07) is 46.9. The molecule has 15 aromatic rings. The minimum atomic E-state index is -0.0997. The van der Waals surface area contributed by atoms with Crippen LogP contribution in [-0.4, -0.2) is 110 Å². The molecule has 5 aromatic carbocycles. The summed E-state index contributed by atoms with van der Waals surface area (Å²) in [4.78, 5) is 60.6. The zero-order valence-electron chi connectivity index (χ0n) is 76.0. The number of pyridine rings is 1. The fourth-order valence-electron chi connectivity index (χ4n) is 12.0. The van der Waals surface area contributed by atoms with E-state index in [1.165, 1.54) is 25.7 Å². The number of ether oxygens (including phenoxy) is 2. The van der Waals surface area contributed by atoms with Crippen molar-refractivity contribution < 1.29 is 9.47 Å². The van der Waals surface area contributed by atoms with Gasteiger partial charge in [0.15, 0.2) is 11.5 Å². The molecule has 16 rings (SSSR count). The number of hydrogen-bond donors (Lipinski definition) is 12. The van der Waals surface area contributed by atoms with Crippen LogP contribution in [0, 0.1) is 34.6 Å². The first-order chi connectivity index (χ1) is 59.1. The molecular weight excluding hydrogens is 1600 g/mol. The van der Waals surface area contributed by atoms with E-state index >= 15 is 0 Å². The third kappa shape index (κ3) is 29.4. The minimum Gasteiger partial charge on any atom is -0.454 e. The van der Waals surface area contributed by atoms with Gasteiger partial charge in [0, 0.05) is 159 Å². The summed E-state index contributed by atoms with van der Waals surface area (Å²) in [6.45, 7) is 47.7. The second kappa shape index (κ2) is 40.7. The molecule has 10 aromatic heterocycles. The minimum absolute atomic E-state index is 0.0225. The summed E-state index contributed by atoms with van der Waals surface area (Å²) in [7, 11) is 0. The van der Waals surface area contributed by atoms with E-state index in [4.69, 9.17) is 9.47 Å². The average Bonchev–Trinajstić information content (AvgIpc) is 1.76. The topological polar surface area (TPSA) is 334 Å². The summed E-state index contributed by atoms with van der Waals surface area (Å²) in [5, 5.41) is 44.4. The molecule has 652 valence electrons. The molecule has 0 amide bonds. The molecule has 1 aliphatic heterocycles. The Hall–Kier alpha value is -13.4. The van der Waals surface area contributed by atoms with Crippen LogP contribution in [0.15, 0.2) is 206 Å². The van der Waals surface area contributed by atoms with Gasteiger partial charge in [0.1, 0.15) is 29.1 Å².